The summed E-state index contributed by atoms with van der Waals surface area (Å²) in [5.74, 6) is 1.63. The van der Waals surface area contributed by atoms with Gasteiger partial charge in [-0.2, -0.15) is 5.26 Å². The fourth-order valence-electron chi connectivity index (χ4n) is 2.81. The molecule has 4 rings (SSSR count). The maximum atomic E-state index is 12.5. The molecule has 144 valence electrons. The van der Waals surface area contributed by atoms with Crippen LogP contribution in [-0.2, 0) is 4.79 Å². The molecule has 6 nitrogen and oxygen atoms in total. The Hall–Kier alpha value is -3.69. The van der Waals surface area contributed by atoms with Crippen LogP contribution in [-0.4, -0.2) is 19.1 Å². The van der Waals surface area contributed by atoms with Crippen LogP contribution < -0.4 is 14.8 Å². The fourth-order valence-corrected chi connectivity index (χ4v) is 2.94. The maximum Gasteiger partial charge on any atom is 0.266 e. The van der Waals surface area contributed by atoms with Gasteiger partial charge in [0.15, 0.2) is 11.5 Å². The summed E-state index contributed by atoms with van der Waals surface area (Å²) in [7, 11) is 0. The molecule has 0 bridgehead atoms. The van der Waals surface area contributed by atoms with Gasteiger partial charge in [0, 0.05) is 28.4 Å². The number of nitrogens with one attached hydrogen (secondary N) is 1. The summed E-state index contributed by atoms with van der Waals surface area (Å²) in [4.78, 5) is 12.5. The molecule has 0 saturated heterocycles. The van der Waals surface area contributed by atoms with Gasteiger partial charge in [-0.15, -0.1) is 0 Å². The molecule has 0 saturated carbocycles. The first kappa shape index (κ1) is 18.7. The fraction of sp³-hybridized carbons (Fsp3) is 0.0909. The maximum absolute atomic E-state index is 12.5. The SMILES string of the molecule is N#CC(=Cc1ccc(-c2ccc(Cl)cc2)o1)C(=O)Nc1ccc2c(c1)OCCO2. The number of anilines is 1. The van der Waals surface area contributed by atoms with Crippen molar-refractivity contribution in [2.24, 2.45) is 0 Å². The van der Waals surface area contributed by atoms with Crippen molar-refractivity contribution in [1.82, 2.24) is 0 Å². The number of carbonyl (C=O) groups excluding carboxylic acids is 1. The van der Waals surface area contributed by atoms with E-state index in [9.17, 15) is 10.1 Å². The molecule has 1 aromatic heterocycles. The molecule has 0 unspecified atom stereocenters. The number of nitriles is 1. The lowest BCUT2D eigenvalue weighted by Gasteiger charge is -2.18. The highest BCUT2D eigenvalue weighted by Crippen LogP contribution is 2.32. The van der Waals surface area contributed by atoms with Crippen LogP contribution in [0.25, 0.3) is 17.4 Å². The smallest absolute Gasteiger partial charge is 0.266 e. The van der Waals surface area contributed by atoms with Crippen molar-refractivity contribution in [1.29, 1.82) is 5.26 Å². The van der Waals surface area contributed by atoms with Crippen molar-refractivity contribution < 1.29 is 18.7 Å². The zero-order valence-corrected chi connectivity index (χ0v) is 15.9. The summed E-state index contributed by atoms with van der Waals surface area (Å²) in [6.45, 7) is 0.934. The molecule has 1 N–H and O–H groups in total. The van der Waals surface area contributed by atoms with E-state index >= 15 is 0 Å². The van der Waals surface area contributed by atoms with E-state index in [4.69, 9.17) is 25.5 Å². The van der Waals surface area contributed by atoms with Gasteiger partial charge in [-0.1, -0.05) is 11.6 Å². The van der Waals surface area contributed by atoms with Crippen LogP contribution in [0.5, 0.6) is 11.5 Å². The van der Waals surface area contributed by atoms with Crippen LogP contribution in [0.1, 0.15) is 5.76 Å². The summed E-state index contributed by atoms with van der Waals surface area (Å²) >= 11 is 5.90. The Morgan fingerprint density at radius 1 is 1.03 bits per heavy atom. The minimum absolute atomic E-state index is 0.0862. The van der Waals surface area contributed by atoms with Gasteiger partial charge < -0.3 is 19.2 Å². The predicted molar refractivity (Wildman–Crippen MR) is 109 cm³/mol. The minimum Gasteiger partial charge on any atom is -0.486 e. The number of furan rings is 1. The Labute approximate surface area is 171 Å². The molecular formula is C22H15ClN2O4. The number of amides is 1. The normalized spacial score (nSPS) is 12.9. The lowest BCUT2D eigenvalue weighted by Crippen LogP contribution is -2.17. The lowest BCUT2D eigenvalue weighted by molar-refractivity contribution is -0.112. The Bertz CT molecular complexity index is 1130. The minimum atomic E-state index is -0.548. The van der Waals surface area contributed by atoms with E-state index < -0.39 is 5.91 Å². The van der Waals surface area contributed by atoms with Gasteiger partial charge in [-0.05, 0) is 48.5 Å². The second kappa shape index (κ2) is 8.13. The molecule has 7 heteroatoms. The van der Waals surface area contributed by atoms with E-state index in [2.05, 4.69) is 5.32 Å². The Kier molecular flexibility index (Phi) is 5.23. The summed E-state index contributed by atoms with van der Waals surface area (Å²) in [5.41, 5.74) is 1.26. The second-order valence-electron chi connectivity index (χ2n) is 6.19. The van der Waals surface area contributed by atoms with Gasteiger partial charge in [-0.3, -0.25) is 4.79 Å². The first-order chi connectivity index (χ1) is 14.1. The van der Waals surface area contributed by atoms with Gasteiger partial charge in [-0.25, -0.2) is 0 Å². The van der Waals surface area contributed by atoms with E-state index in [1.165, 1.54) is 6.08 Å². The van der Waals surface area contributed by atoms with Crippen LogP contribution in [0, 0.1) is 11.3 Å². The van der Waals surface area contributed by atoms with Crippen LogP contribution in [0.4, 0.5) is 5.69 Å². The molecule has 0 radical (unpaired) electrons. The van der Waals surface area contributed by atoms with E-state index in [-0.39, 0.29) is 5.57 Å². The molecule has 1 aliphatic heterocycles. The Morgan fingerprint density at radius 3 is 2.55 bits per heavy atom. The van der Waals surface area contributed by atoms with E-state index in [0.717, 1.165) is 5.56 Å². The molecule has 0 atom stereocenters. The standard InChI is InChI=1S/C22H15ClN2O4/c23-16-3-1-14(2-4-16)19-8-6-18(29-19)11-15(13-24)22(26)25-17-5-7-20-21(12-17)28-10-9-27-20/h1-8,11-12H,9-10H2,(H,25,26). The number of fused-ring (bicyclic) bond motifs is 1. The number of hydrogen-bond acceptors (Lipinski definition) is 5. The summed E-state index contributed by atoms with van der Waals surface area (Å²) in [5, 5.41) is 12.7. The molecular weight excluding hydrogens is 392 g/mol. The van der Waals surface area contributed by atoms with Gasteiger partial charge in [0.1, 0.15) is 36.4 Å². The highest BCUT2D eigenvalue weighted by Gasteiger charge is 2.15. The Balaban J connectivity index is 1.51. The molecule has 0 fully saturated rings. The highest BCUT2D eigenvalue weighted by molar-refractivity contribution is 6.30. The van der Waals surface area contributed by atoms with Crippen LogP contribution >= 0.6 is 11.6 Å². The summed E-state index contributed by atoms with van der Waals surface area (Å²) in [6.07, 6.45) is 1.40. The predicted octanol–water partition coefficient (Wildman–Crippen LogP) is 4.92. The first-order valence-corrected chi connectivity index (χ1v) is 9.19. The number of hydrogen-bond donors (Lipinski definition) is 1. The average Bonchev–Trinajstić information content (AvgIpc) is 3.21. The number of carbonyl (C=O) groups is 1. The molecule has 29 heavy (non-hydrogen) atoms. The van der Waals surface area contributed by atoms with E-state index in [0.29, 0.717) is 46.9 Å². The number of ether oxygens (including phenoxy) is 2. The average molecular weight is 407 g/mol. The third-order valence-electron chi connectivity index (χ3n) is 4.21. The number of halogens is 1. The van der Waals surface area contributed by atoms with Crippen LogP contribution in [0.15, 0.2) is 64.6 Å². The third kappa shape index (κ3) is 4.26. The van der Waals surface area contributed by atoms with E-state index in [1.54, 1.807) is 42.5 Å². The zero-order chi connectivity index (χ0) is 20.2. The number of nitrogens with zero attached hydrogens (tertiary/aromatic N) is 1. The molecule has 0 spiro atoms. The number of benzene rings is 2. The topological polar surface area (TPSA) is 84.5 Å². The van der Waals surface area contributed by atoms with Crippen molar-refractivity contribution >= 4 is 29.3 Å². The molecule has 1 amide bonds. The van der Waals surface area contributed by atoms with Gasteiger partial charge in [0.25, 0.3) is 5.91 Å². The van der Waals surface area contributed by atoms with Crippen molar-refractivity contribution in [2.75, 3.05) is 18.5 Å². The second-order valence-corrected chi connectivity index (χ2v) is 6.63. The van der Waals surface area contributed by atoms with Gasteiger partial charge >= 0.3 is 0 Å². The summed E-state index contributed by atoms with van der Waals surface area (Å²) < 4.78 is 16.7. The zero-order valence-electron chi connectivity index (χ0n) is 15.1. The molecule has 3 aromatic rings. The largest absolute Gasteiger partial charge is 0.486 e. The van der Waals surface area contributed by atoms with Gasteiger partial charge in [0.2, 0.25) is 0 Å². The van der Waals surface area contributed by atoms with E-state index in [1.807, 2.05) is 18.2 Å². The van der Waals surface area contributed by atoms with Crippen LogP contribution in [0.3, 0.4) is 0 Å². The van der Waals surface area contributed by atoms with Crippen molar-refractivity contribution in [3.8, 4) is 28.9 Å². The van der Waals surface area contributed by atoms with Crippen LogP contribution in [0.2, 0.25) is 5.02 Å². The third-order valence-corrected chi connectivity index (χ3v) is 4.46. The number of rotatable bonds is 4. The lowest BCUT2D eigenvalue weighted by atomic mass is 10.2. The molecule has 0 aliphatic carbocycles. The van der Waals surface area contributed by atoms with Crippen molar-refractivity contribution in [2.45, 2.75) is 0 Å². The summed E-state index contributed by atoms with van der Waals surface area (Å²) in [6, 6.07) is 17.6. The first-order valence-electron chi connectivity index (χ1n) is 8.81. The van der Waals surface area contributed by atoms with Crippen molar-refractivity contribution in [3.63, 3.8) is 0 Å². The molecule has 2 heterocycles. The molecule has 1 aliphatic rings. The monoisotopic (exact) mass is 406 g/mol. The van der Waals surface area contributed by atoms with Crippen molar-refractivity contribution in [3.05, 3.63) is 71.0 Å². The highest BCUT2D eigenvalue weighted by atomic mass is 35.5. The quantitative estimate of drug-likeness (QED) is 0.491. The van der Waals surface area contributed by atoms with Gasteiger partial charge in [0.05, 0.1) is 0 Å². The molecule has 2 aromatic carbocycles. The Morgan fingerprint density at radius 2 is 1.79 bits per heavy atom.